The Morgan fingerprint density at radius 3 is 3.33 bits per heavy atom. The second-order valence-corrected chi connectivity index (χ2v) is 3.55. The van der Waals surface area contributed by atoms with Crippen molar-refractivity contribution in [1.82, 2.24) is 9.55 Å². The maximum atomic E-state index is 10.8. The molecule has 1 fully saturated rings. The summed E-state index contributed by atoms with van der Waals surface area (Å²) < 4.78 is 12.5. The summed E-state index contributed by atoms with van der Waals surface area (Å²) in [5, 5.41) is 0. The van der Waals surface area contributed by atoms with E-state index in [9.17, 15) is 4.79 Å². The molecule has 2 atom stereocenters. The van der Waals surface area contributed by atoms with Crippen LogP contribution in [0.2, 0.25) is 0 Å². The van der Waals surface area contributed by atoms with E-state index in [0.29, 0.717) is 18.9 Å². The summed E-state index contributed by atoms with van der Waals surface area (Å²) in [6, 6.07) is 0.145. The molecule has 1 aromatic rings. The van der Waals surface area contributed by atoms with Crippen LogP contribution in [-0.2, 0) is 9.47 Å². The van der Waals surface area contributed by atoms with E-state index in [4.69, 9.17) is 9.47 Å². The van der Waals surface area contributed by atoms with Crippen LogP contribution in [-0.4, -0.2) is 42.3 Å². The first-order valence-corrected chi connectivity index (χ1v) is 4.94. The van der Waals surface area contributed by atoms with Crippen molar-refractivity contribution in [3.63, 3.8) is 0 Å². The number of nitrogens with zero attached hydrogens (tertiary/aromatic N) is 2. The van der Waals surface area contributed by atoms with E-state index in [1.165, 1.54) is 0 Å². The zero-order valence-electron chi connectivity index (χ0n) is 8.63. The molecule has 82 valence electrons. The Kier molecular flexibility index (Phi) is 3.13. The van der Waals surface area contributed by atoms with Crippen molar-refractivity contribution in [3.05, 3.63) is 18.2 Å². The third-order valence-electron chi connectivity index (χ3n) is 2.75. The minimum atomic E-state index is -0.00773. The lowest BCUT2D eigenvalue weighted by molar-refractivity contribution is -0.0604. The monoisotopic (exact) mass is 210 g/mol. The first-order valence-electron chi connectivity index (χ1n) is 4.94. The molecule has 0 aliphatic carbocycles. The SMILES string of the molecule is COC1COCCC1n1cncc1C=O. The molecule has 1 aliphatic heterocycles. The molecule has 0 aromatic carbocycles. The molecule has 0 saturated carbocycles. The molecule has 0 spiro atoms. The number of methoxy groups -OCH3 is 1. The number of hydrogen-bond acceptors (Lipinski definition) is 4. The Labute approximate surface area is 88.0 Å². The van der Waals surface area contributed by atoms with Gasteiger partial charge < -0.3 is 14.0 Å². The first-order chi connectivity index (χ1) is 7.36. The third kappa shape index (κ3) is 1.93. The Balaban J connectivity index is 2.23. The van der Waals surface area contributed by atoms with Gasteiger partial charge in [0.1, 0.15) is 11.8 Å². The second-order valence-electron chi connectivity index (χ2n) is 3.55. The van der Waals surface area contributed by atoms with Crippen molar-refractivity contribution < 1.29 is 14.3 Å². The van der Waals surface area contributed by atoms with Gasteiger partial charge in [-0.05, 0) is 6.42 Å². The van der Waals surface area contributed by atoms with E-state index < -0.39 is 0 Å². The number of carbonyl (C=O) groups is 1. The zero-order valence-corrected chi connectivity index (χ0v) is 8.63. The predicted molar refractivity (Wildman–Crippen MR) is 52.9 cm³/mol. The number of ether oxygens (including phenoxy) is 2. The molecule has 2 rings (SSSR count). The molecule has 5 heteroatoms. The Morgan fingerprint density at radius 1 is 1.73 bits per heavy atom. The Morgan fingerprint density at radius 2 is 2.60 bits per heavy atom. The van der Waals surface area contributed by atoms with Gasteiger partial charge in [0.05, 0.1) is 25.2 Å². The van der Waals surface area contributed by atoms with E-state index in [1.54, 1.807) is 19.6 Å². The second kappa shape index (κ2) is 4.55. The summed E-state index contributed by atoms with van der Waals surface area (Å²) in [5.74, 6) is 0. The minimum absolute atomic E-state index is 0.00773. The van der Waals surface area contributed by atoms with Crippen LogP contribution in [0.1, 0.15) is 23.0 Å². The fourth-order valence-corrected chi connectivity index (χ4v) is 1.93. The topological polar surface area (TPSA) is 53.4 Å². The zero-order chi connectivity index (χ0) is 10.7. The van der Waals surface area contributed by atoms with Gasteiger partial charge in [0.25, 0.3) is 0 Å². The molecule has 1 saturated heterocycles. The summed E-state index contributed by atoms with van der Waals surface area (Å²) >= 11 is 0. The van der Waals surface area contributed by atoms with Gasteiger partial charge >= 0.3 is 0 Å². The largest absolute Gasteiger partial charge is 0.379 e. The van der Waals surface area contributed by atoms with Crippen LogP contribution in [0.4, 0.5) is 0 Å². The lowest BCUT2D eigenvalue weighted by Gasteiger charge is -2.31. The van der Waals surface area contributed by atoms with Crippen LogP contribution < -0.4 is 0 Å². The summed E-state index contributed by atoms with van der Waals surface area (Å²) in [4.78, 5) is 14.8. The molecule has 0 amide bonds. The molecule has 2 unspecified atom stereocenters. The molecule has 1 aliphatic rings. The van der Waals surface area contributed by atoms with E-state index in [1.807, 2.05) is 4.57 Å². The van der Waals surface area contributed by atoms with Crippen molar-refractivity contribution in [2.75, 3.05) is 20.3 Å². The molecule has 0 bridgehead atoms. The van der Waals surface area contributed by atoms with Gasteiger partial charge in [-0.2, -0.15) is 0 Å². The van der Waals surface area contributed by atoms with E-state index in [2.05, 4.69) is 4.98 Å². The molecule has 5 nitrogen and oxygen atoms in total. The highest BCUT2D eigenvalue weighted by molar-refractivity contribution is 5.71. The highest BCUT2D eigenvalue weighted by atomic mass is 16.5. The van der Waals surface area contributed by atoms with Crippen molar-refractivity contribution in [2.24, 2.45) is 0 Å². The fourth-order valence-electron chi connectivity index (χ4n) is 1.93. The smallest absolute Gasteiger partial charge is 0.168 e. The predicted octanol–water partition coefficient (Wildman–Crippen LogP) is 0.672. The normalized spacial score (nSPS) is 26.5. The van der Waals surface area contributed by atoms with Crippen LogP contribution in [0.3, 0.4) is 0 Å². The van der Waals surface area contributed by atoms with Gasteiger partial charge in [0, 0.05) is 13.7 Å². The summed E-state index contributed by atoms with van der Waals surface area (Å²) in [7, 11) is 1.66. The lowest BCUT2D eigenvalue weighted by atomic mass is 10.1. The number of aldehydes is 1. The van der Waals surface area contributed by atoms with Crippen LogP contribution in [0.5, 0.6) is 0 Å². The molecule has 15 heavy (non-hydrogen) atoms. The van der Waals surface area contributed by atoms with Crippen molar-refractivity contribution in [2.45, 2.75) is 18.6 Å². The van der Waals surface area contributed by atoms with Gasteiger partial charge in [-0.15, -0.1) is 0 Å². The van der Waals surface area contributed by atoms with Gasteiger partial charge in [-0.25, -0.2) is 4.98 Å². The quantitative estimate of drug-likeness (QED) is 0.688. The molecule has 2 heterocycles. The van der Waals surface area contributed by atoms with Gasteiger partial charge in [-0.3, -0.25) is 4.79 Å². The highest BCUT2D eigenvalue weighted by Gasteiger charge is 2.28. The standard InChI is InChI=1S/C10H14N2O3/c1-14-10-6-15-3-2-9(10)12-7-11-4-8(12)5-13/h4-5,7,9-10H,2-3,6H2,1H3. The number of rotatable bonds is 3. The molecular weight excluding hydrogens is 196 g/mol. The fraction of sp³-hybridized carbons (Fsp3) is 0.600. The maximum Gasteiger partial charge on any atom is 0.168 e. The number of aromatic nitrogens is 2. The van der Waals surface area contributed by atoms with Crippen LogP contribution in [0.15, 0.2) is 12.5 Å². The minimum Gasteiger partial charge on any atom is -0.379 e. The maximum absolute atomic E-state index is 10.8. The highest BCUT2D eigenvalue weighted by Crippen LogP contribution is 2.24. The van der Waals surface area contributed by atoms with E-state index in [-0.39, 0.29) is 12.1 Å². The van der Waals surface area contributed by atoms with Gasteiger partial charge in [0.15, 0.2) is 6.29 Å². The summed E-state index contributed by atoms with van der Waals surface area (Å²) in [6.07, 6.45) is 4.89. The molecule has 1 aromatic heterocycles. The van der Waals surface area contributed by atoms with Crippen LogP contribution in [0, 0.1) is 0 Å². The van der Waals surface area contributed by atoms with Crippen molar-refractivity contribution >= 4 is 6.29 Å². The summed E-state index contributed by atoms with van der Waals surface area (Å²) in [6.45, 7) is 1.26. The summed E-state index contributed by atoms with van der Waals surface area (Å²) in [5.41, 5.74) is 0.587. The van der Waals surface area contributed by atoms with Crippen LogP contribution in [0.25, 0.3) is 0 Å². The van der Waals surface area contributed by atoms with E-state index in [0.717, 1.165) is 12.7 Å². The molecular formula is C10H14N2O3. The van der Waals surface area contributed by atoms with Gasteiger partial charge in [0.2, 0.25) is 0 Å². The Hall–Kier alpha value is -1.20. The first kappa shape index (κ1) is 10.3. The number of imidazole rings is 1. The number of carbonyl (C=O) groups excluding carboxylic acids is 1. The molecule has 0 radical (unpaired) electrons. The van der Waals surface area contributed by atoms with Crippen molar-refractivity contribution in [1.29, 1.82) is 0 Å². The molecule has 0 N–H and O–H groups in total. The number of hydrogen-bond donors (Lipinski definition) is 0. The third-order valence-corrected chi connectivity index (χ3v) is 2.75. The van der Waals surface area contributed by atoms with Gasteiger partial charge in [-0.1, -0.05) is 0 Å². The average Bonchev–Trinajstić information content (AvgIpc) is 2.76. The van der Waals surface area contributed by atoms with Crippen molar-refractivity contribution in [3.8, 4) is 0 Å². The Bertz CT molecular complexity index is 337. The average molecular weight is 210 g/mol. The lowest BCUT2D eigenvalue weighted by Crippen LogP contribution is -2.36. The van der Waals surface area contributed by atoms with E-state index >= 15 is 0 Å². The van der Waals surface area contributed by atoms with Crippen LogP contribution >= 0.6 is 0 Å².